The fraction of sp³-hybridized carbons (Fsp3) is 0.600. The van der Waals surface area contributed by atoms with Crippen molar-refractivity contribution >= 4 is 10.4 Å². The van der Waals surface area contributed by atoms with Crippen LogP contribution in [0.25, 0.3) is 0 Å². The summed E-state index contributed by atoms with van der Waals surface area (Å²) in [5, 5.41) is 0. The van der Waals surface area contributed by atoms with Crippen LogP contribution in [0.5, 0.6) is 0 Å². The van der Waals surface area contributed by atoms with Gasteiger partial charge in [0.05, 0.1) is 0 Å². The number of hydrogen-bond donors (Lipinski definition) is 0. The maximum Gasteiger partial charge on any atom is 0.401 e. The highest BCUT2D eigenvalue weighted by molar-refractivity contribution is 7.81. The van der Waals surface area contributed by atoms with Gasteiger partial charge in [-0.2, -0.15) is 8.42 Å². The number of hydrogen-bond acceptors (Lipinski definition) is 4. The summed E-state index contributed by atoms with van der Waals surface area (Å²) in [6.45, 7) is 3.35. The first-order chi connectivity index (χ1) is 7.12. The summed E-state index contributed by atoms with van der Waals surface area (Å²) in [5.41, 5.74) is 0. The molecule has 5 heteroatoms. The lowest BCUT2D eigenvalue weighted by Gasteiger charge is -1.99. The average Bonchev–Trinajstić information content (AvgIpc) is 2.20. The minimum Gasteiger partial charge on any atom is -0.235 e. The predicted octanol–water partition coefficient (Wildman–Crippen LogP) is 1.09. The third-order valence-corrected chi connectivity index (χ3v) is 1.97. The monoisotopic (exact) mass is 230 g/mol. The molecule has 0 unspecified atom stereocenters. The first kappa shape index (κ1) is 14.0. The van der Waals surface area contributed by atoms with Gasteiger partial charge in [0.25, 0.3) is 0 Å². The third-order valence-electron chi connectivity index (χ3n) is 1.15. The summed E-state index contributed by atoms with van der Waals surface area (Å²) in [6.07, 6.45) is 1.32. The van der Waals surface area contributed by atoms with Gasteiger partial charge in [-0.15, -0.1) is 11.8 Å². The van der Waals surface area contributed by atoms with Crippen LogP contribution in [-0.4, -0.2) is 21.6 Å². The predicted molar refractivity (Wildman–Crippen MR) is 57.0 cm³/mol. The zero-order valence-electron chi connectivity index (χ0n) is 8.87. The van der Waals surface area contributed by atoms with Crippen LogP contribution in [0, 0.1) is 23.7 Å². The Labute approximate surface area is 91.3 Å². The molecular formula is C10H14O4S. The van der Waals surface area contributed by atoms with Gasteiger partial charge in [0.1, 0.15) is 13.2 Å². The Kier molecular flexibility index (Phi) is 7.75. The molecule has 0 rings (SSSR count). The molecule has 0 aromatic heterocycles. The average molecular weight is 230 g/mol. The summed E-state index contributed by atoms with van der Waals surface area (Å²) < 4.78 is 30.8. The van der Waals surface area contributed by atoms with Crippen LogP contribution >= 0.6 is 0 Å². The van der Waals surface area contributed by atoms with Crippen molar-refractivity contribution in [2.75, 3.05) is 13.2 Å². The molecule has 0 N–H and O–H groups in total. The van der Waals surface area contributed by atoms with Crippen molar-refractivity contribution in [2.45, 2.75) is 26.7 Å². The van der Waals surface area contributed by atoms with E-state index in [1.165, 1.54) is 0 Å². The second-order valence-electron chi connectivity index (χ2n) is 2.35. The van der Waals surface area contributed by atoms with E-state index < -0.39 is 10.4 Å². The summed E-state index contributed by atoms with van der Waals surface area (Å²) in [6, 6.07) is 0. The molecule has 0 amide bonds. The van der Waals surface area contributed by atoms with E-state index in [1.807, 2.05) is 13.8 Å². The van der Waals surface area contributed by atoms with Crippen LogP contribution in [0.3, 0.4) is 0 Å². The Hall–Kier alpha value is -1.01. The largest absolute Gasteiger partial charge is 0.401 e. The molecule has 0 aromatic carbocycles. The van der Waals surface area contributed by atoms with Gasteiger partial charge in [-0.3, -0.25) is 0 Å². The van der Waals surface area contributed by atoms with E-state index in [1.54, 1.807) is 0 Å². The molecule has 0 aromatic rings. The lowest BCUT2D eigenvalue weighted by molar-refractivity contribution is 0.252. The first-order valence-corrected chi connectivity index (χ1v) is 5.91. The first-order valence-electron chi connectivity index (χ1n) is 4.57. The fourth-order valence-electron chi connectivity index (χ4n) is 0.589. The molecule has 0 heterocycles. The summed E-state index contributed by atoms with van der Waals surface area (Å²) in [4.78, 5) is 0. The second kappa shape index (κ2) is 8.31. The lowest BCUT2D eigenvalue weighted by Crippen LogP contribution is -2.10. The molecule has 0 aliphatic heterocycles. The van der Waals surface area contributed by atoms with E-state index in [0.717, 1.165) is 0 Å². The smallest absolute Gasteiger partial charge is 0.235 e. The van der Waals surface area contributed by atoms with Crippen LogP contribution < -0.4 is 0 Å². The van der Waals surface area contributed by atoms with Gasteiger partial charge in [0.2, 0.25) is 0 Å². The maximum absolute atomic E-state index is 11.0. The minimum absolute atomic E-state index is 0.183. The Balaban J connectivity index is 3.87. The van der Waals surface area contributed by atoms with E-state index in [9.17, 15) is 8.42 Å². The molecule has 15 heavy (non-hydrogen) atoms. The highest BCUT2D eigenvalue weighted by Crippen LogP contribution is 1.94. The Bertz CT molecular complexity index is 343. The summed E-state index contributed by atoms with van der Waals surface area (Å²) >= 11 is 0. The standard InChI is InChI=1S/C10H14O4S/c1-3-5-7-9-13-15(11,12)14-10-8-6-4-2/h3-4,9-10H2,1-2H3. The molecular weight excluding hydrogens is 216 g/mol. The Morgan fingerprint density at radius 1 is 0.867 bits per heavy atom. The lowest BCUT2D eigenvalue weighted by atomic mass is 10.5. The Morgan fingerprint density at radius 3 is 1.60 bits per heavy atom. The van der Waals surface area contributed by atoms with Gasteiger partial charge in [0.15, 0.2) is 0 Å². The van der Waals surface area contributed by atoms with Gasteiger partial charge >= 0.3 is 10.4 Å². The fourth-order valence-corrected chi connectivity index (χ4v) is 1.06. The third kappa shape index (κ3) is 9.30. The van der Waals surface area contributed by atoms with Crippen molar-refractivity contribution in [1.29, 1.82) is 0 Å². The molecule has 0 aliphatic carbocycles. The number of rotatable bonds is 4. The van der Waals surface area contributed by atoms with E-state index >= 15 is 0 Å². The molecule has 0 aliphatic rings. The molecule has 0 atom stereocenters. The van der Waals surface area contributed by atoms with E-state index in [4.69, 9.17) is 0 Å². The van der Waals surface area contributed by atoms with Crippen LogP contribution in [0.4, 0.5) is 0 Å². The molecule has 0 radical (unpaired) electrons. The molecule has 0 saturated carbocycles. The zero-order valence-corrected chi connectivity index (χ0v) is 9.69. The molecule has 0 bridgehead atoms. The van der Waals surface area contributed by atoms with Gasteiger partial charge in [-0.1, -0.05) is 25.7 Å². The van der Waals surface area contributed by atoms with Gasteiger partial charge < -0.3 is 0 Å². The molecule has 0 fully saturated rings. The molecule has 4 nitrogen and oxygen atoms in total. The quantitative estimate of drug-likeness (QED) is 0.678. The second-order valence-corrected chi connectivity index (χ2v) is 3.63. The van der Waals surface area contributed by atoms with Crippen LogP contribution in [-0.2, 0) is 18.8 Å². The van der Waals surface area contributed by atoms with E-state index in [2.05, 4.69) is 32.0 Å². The van der Waals surface area contributed by atoms with Crippen LogP contribution in [0.2, 0.25) is 0 Å². The van der Waals surface area contributed by atoms with Crippen molar-refractivity contribution in [1.82, 2.24) is 0 Å². The Morgan fingerprint density at radius 2 is 1.27 bits per heavy atom. The highest BCUT2D eigenvalue weighted by Gasteiger charge is 2.09. The minimum atomic E-state index is -3.95. The summed E-state index contributed by atoms with van der Waals surface area (Å²) in [5.74, 6) is 10.4. The maximum atomic E-state index is 11.0. The van der Waals surface area contributed by atoms with Gasteiger partial charge in [-0.05, 0) is 0 Å². The van der Waals surface area contributed by atoms with Crippen molar-refractivity contribution in [3.63, 3.8) is 0 Å². The van der Waals surface area contributed by atoms with Crippen molar-refractivity contribution in [2.24, 2.45) is 0 Å². The van der Waals surface area contributed by atoms with Crippen molar-refractivity contribution < 1.29 is 16.8 Å². The zero-order chi connectivity index (χ0) is 11.6. The SMILES string of the molecule is CCC#CCOS(=O)(=O)OCC#CCC. The van der Waals surface area contributed by atoms with Crippen LogP contribution in [0.1, 0.15) is 26.7 Å². The molecule has 84 valence electrons. The van der Waals surface area contributed by atoms with Gasteiger partial charge in [-0.25, -0.2) is 8.37 Å². The molecule has 0 saturated heterocycles. The van der Waals surface area contributed by atoms with E-state index in [0.29, 0.717) is 12.8 Å². The topological polar surface area (TPSA) is 52.6 Å². The van der Waals surface area contributed by atoms with Crippen LogP contribution in [0.15, 0.2) is 0 Å². The van der Waals surface area contributed by atoms with E-state index in [-0.39, 0.29) is 13.2 Å². The molecule has 0 spiro atoms. The van der Waals surface area contributed by atoms with Crippen molar-refractivity contribution in [3.8, 4) is 23.7 Å². The summed E-state index contributed by atoms with van der Waals surface area (Å²) in [7, 11) is -3.95. The van der Waals surface area contributed by atoms with Crippen molar-refractivity contribution in [3.05, 3.63) is 0 Å². The normalized spacial score (nSPS) is 9.73. The van der Waals surface area contributed by atoms with Gasteiger partial charge in [0, 0.05) is 12.8 Å². The highest BCUT2D eigenvalue weighted by atomic mass is 32.3.